The van der Waals surface area contributed by atoms with Crippen LogP contribution in [0.15, 0.2) is 30.3 Å². The maximum absolute atomic E-state index is 2.31. The van der Waals surface area contributed by atoms with Crippen LogP contribution < -0.4 is 0 Å². The summed E-state index contributed by atoms with van der Waals surface area (Å²) in [5.74, 6) is 0. The summed E-state index contributed by atoms with van der Waals surface area (Å²) in [7, 11) is 6.34. The Morgan fingerprint density at radius 3 is 1.68 bits per heavy atom. The first kappa shape index (κ1) is 20.5. The van der Waals surface area contributed by atoms with E-state index in [9.17, 15) is 0 Å². The highest BCUT2D eigenvalue weighted by atomic mass is 15.1. The highest BCUT2D eigenvalue weighted by Gasteiger charge is 1.93. The first-order chi connectivity index (χ1) is 9.10. The Kier molecular flexibility index (Phi) is 16.4. The van der Waals surface area contributed by atoms with E-state index < -0.39 is 0 Å². The standard InChI is InChI=1S/C8H10.C7H18N2.C2H6/c1-2-8-6-4-3-5-7-8;1-5-9(4)7-6-8(2)3;1-2/h3-7H,2H2,1H3;5-7H2,1-4H3;1-2H3. The normalized spacial score (nSPS) is 9.53. The van der Waals surface area contributed by atoms with Crippen LogP contribution in [0, 0.1) is 0 Å². The van der Waals surface area contributed by atoms with Gasteiger partial charge in [-0.05, 0) is 39.7 Å². The third kappa shape index (κ3) is 15.1. The molecule has 112 valence electrons. The third-order valence-electron chi connectivity index (χ3n) is 2.72. The predicted molar refractivity (Wildman–Crippen MR) is 88.9 cm³/mol. The van der Waals surface area contributed by atoms with E-state index in [4.69, 9.17) is 0 Å². The fourth-order valence-corrected chi connectivity index (χ4v) is 1.24. The van der Waals surface area contributed by atoms with Gasteiger partial charge in [-0.3, -0.25) is 0 Å². The zero-order valence-corrected chi connectivity index (χ0v) is 14.1. The van der Waals surface area contributed by atoms with Crippen LogP contribution in [0.3, 0.4) is 0 Å². The molecule has 0 aromatic heterocycles. The summed E-state index contributed by atoms with van der Waals surface area (Å²) in [5.41, 5.74) is 1.41. The van der Waals surface area contributed by atoms with Gasteiger partial charge in [-0.1, -0.05) is 58.0 Å². The Balaban J connectivity index is 0. The molecule has 0 saturated carbocycles. The Morgan fingerprint density at radius 2 is 1.37 bits per heavy atom. The second kappa shape index (κ2) is 15.2. The van der Waals surface area contributed by atoms with E-state index >= 15 is 0 Å². The van der Waals surface area contributed by atoms with Crippen molar-refractivity contribution in [3.63, 3.8) is 0 Å². The van der Waals surface area contributed by atoms with Gasteiger partial charge in [-0.2, -0.15) is 0 Å². The quantitative estimate of drug-likeness (QED) is 0.800. The molecular formula is C17H34N2. The highest BCUT2D eigenvalue weighted by molar-refractivity contribution is 5.13. The molecule has 0 heterocycles. The van der Waals surface area contributed by atoms with Gasteiger partial charge in [0, 0.05) is 13.1 Å². The lowest BCUT2D eigenvalue weighted by atomic mass is 10.2. The third-order valence-corrected chi connectivity index (χ3v) is 2.72. The van der Waals surface area contributed by atoms with E-state index in [0.29, 0.717) is 0 Å². The van der Waals surface area contributed by atoms with E-state index in [1.165, 1.54) is 12.1 Å². The number of rotatable bonds is 5. The number of nitrogens with zero attached hydrogens (tertiary/aromatic N) is 2. The van der Waals surface area contributed by atoms with Crippen molar-refractivity contribution in [2.75, 3.05) is 40.8 Å². The molecule has 1 aromatic rings. The van der Waals surface area contributed by atoms with E-state index in [1.54, 1.807) is 0 Å². The number of hydrogen-bond acceptors (Lipinski definition) is 2. The summed E-state index contributed by atoms with van der Waals surface area (Å²) in [6.07, 6.45) is 1.14. The minimum Gasteiger partial charge on any atom is -0.308 e. The van der Waals surface area contributed by atoms with Crippen molar-refractivity contribution >= 4 is 0 Å². The Hall–Kier alpha value is -0.860. The van der Waals surface area contributed by atoms with Crippen LogP contribution in [0.1, 0.15) is 33.3 Å². The zero-order chi connectivity index (χ0) is 15.1. The lowest BCUT2D eigenvalue weighted by Gasteiger charge is -2.16. The first-order valence-electron chi connectivity index (χ1n) is 7.47. The molecule has 0 radical (unpaired) electrons. The highest BCUT2D eigenvalue weighted by Crippen LogP contribution is 1.96. The molecule has 2 nitrogen and oxygen atoms in total. The summed E-state index contributed by atoms with van der Waals surface area (Å²) >= 11 is 0. The van der Waals surface area contributed by atoms with Gasteiger partial charge in [-0.15, -0.1) is 0 Å². The van der Waals surface area contributed by atoms with Gasteiger partial charge in [0.15, 0.2) is 0 Å². The molecule has 0 aliphatic carbocycles. The van der Waals surface area contributed by atoms with Crippen LogP contribution in [0.4, 0.5) is 0 Å². The van der Waals surface area contributed by atoms with Crippen molar-refractivity contribution in [2.45, 2.75) is 34.1 Å². The molecule has 0 N–H and O–H groups in total. The van der Waals surface area contributed by atoms with E-state index in [1.807, 2.05) is 19.9 Å². The average Bonchev–Trinajstić information content (AvgIpc) is 2.48. The smallest absolute Gasteiger partial charge is 0.0106 e. The molecule has 0 fully saturated rings. The summed E-state index contributed by atoms with van der Waals surface area (Å²) in [5, 5.41) is 0. The topological polar surface area (TPSA) is 6.48 Å². The SMILES string of the molecule is CC.CCN(C)CCN(C)C.CCc1ccccc1. The van der Waals surface area contributed by atoms with Gasteiger partial charge >= 0.3 is 0 Å². The van der Waals surface area contributed by atoms with Gasteiger partial charge in [0.25, 0.3) is 0 Å². The molecular weight excluding hydrogens is 232 g/mol. The molecule has 0 aliphatic heterocycles. The van der Waals surface area contributed by atoms with Gasteiger partial charge in [-0.25, -0.2) is 0 Å². The molecule has 1 rings (SSSR count). The summed E-state index contributed by atoms with van der Waals surface area (Å²) in [6, 6.07) is 10.5. The molecule has 0 unspecified atom stereocenters. The second-order valence-corrected chi connectivity index (χ2v) is 4.54. The van der Waals surface area contributed by atoms with E-state index in [-0.39, 0.29) is 0 Å². The molecule has 0 bridgehead atoms. The first-order valence-corrected chi connectivity index (χ1v) is 7.47. The van der Waals surface area contributed by atoms with Crippen molar-refractivity contribution < 1.29 is 0 Å². The molecule has 0 spiro atoms. The van der Waals surface area contributed by atoms with Gasteiger partial charge < -0.3 is 9.80 Å². The number of aryl methyl sites for hydroxylation is 1. The number of benzene rings is 1. The van der Waals surface area contributed by atoms with Crippen molar-refractivity contribution in [2.24, 2.45) is 0 Å². The maximum atomic E-state index is 2.31. The zero-order valence-electron chi connectivity index (χ0n) is 14.1. The van der Waals surface area contributed by atoms with Crippen molar-refractivity contribution in [1.82, 2.24) is 9.80 Å². The molecule has 0 amide bonds. The molecule has 2 heteroatoms. The van der Waals surface area contributed by atoms with Crippen LogP contribution in [0.2, 0.25) is 0 Å². The van der Waals surface area contributed by atoms with Crippen LogP contribution in [-0.2, 0) is 6.42 Å². The predicted octanol–water partition coefficient (Wildman–Crippen LogP) is 3.77. The monoisotopic (exact) mass is 266 g/mol. The van der Waals surface area contributed by atoms with Crippen LogP contribution in [0.5, 0.6) is 0 Å². The van der Waals surface area contributed by atoms with E-state index in [2.05, 4.69) is 69.1 Å². The molecule has 0 saturated heterocycles. The second-order valence-electron chi connectivity index (χ2n) is 4.54. The van der Waals surface area contributed by atoms with Crippen molar-refractivity contribution in [3.8, 4) is 0 Å². The van der Waals surface area contributed by atoms with Crippen LogP contribution in [-0.4, -0.2) is 50.6 Å². The maximum Gasteiger partial charge on any atom is 0.0106 e. The van der Waals surface area contributed by atoms with Crippen LogP contribution in [0.25, 0.3) is 0 Å². The largest absolute Gasteiger partial charge is 0.308 e. The average molecular weight is 266 g/mol. The minimum atomic E-state index is 1.14. The fourth-order valence-electron chi connectivity index (χ4n) is 1.24. The van der Waals surface area contributed by atoms with E-state index in [0.717, 1.165) is 19.5 Å². The lowest BCUT2D eigenvalue weighted by Crippen LogP contribution is -2.28. The van der Waals surface area contributed by atoms with Crippen molar-refractivity contribution in [1.29, 1.82) is 0 Å². The minimum absolute atomic E-state index is 1.14. The van der Waals surface area contributed by atoms with Crippen molar-refractivity contribution in [3.05, 3.63) is 35.9 Å². The lowest BCUT2D eigenvalue weighted by molar-refractivity contribution is 0.292. The van der Waals surface area contributed by atoms with Gasteiger partial charge in [0.2, 0.25) is 0 Å². The molecule has 0 aliphatic rings. The Labute approximate surface area is 121 Å². The number of likely N-dealkylation sites (N-methyl/N-ethyl adjacent to an activating group) is 2. The Bertz CT molecular complexity index is 257. The molecule has 0 atom stereocenters. The summed E-state index contributed by atoms with van der Waals surface area (Å²) in [4.78, 5) is 4.51. The number of hydrogen-bond donors (Lipinski definition) is 0. The summed E-state index contributed by atoms with van der Waals surface area (Å²) in [6.45, 7) is 11.8. The molecule has 19 heavy (non-hydrogen) atoms. The summed E-state index contributed by atoms with van der Waals surface area (Å²) < 4.78 is 0. The Morgan fingerprint density at radius 1 is 0.842 bits per heavy atom. The molecule has 1 aromatic carbocycles. The van der Waals surface area contributed by atoms with Crippen LogP contribution >= 0.6 is 0 Å². The fraction of sp³-hybridized carbons (Fsp3) is 0.647. The van der Waals surface area contributed by atoms with Gasteiger partial charge in [0.1, 0.15) is 0 Å². The van der Waals surface area contributed by atoms with Gasteiger partial charge in [0.05, 0.1) is 0 Å².